The molecule has 13 heteroatoms. The number of carboxylic acids is 2. The predicted molar refractivity (Wildman–Crippen MR) is 144 cm³/mol. The Balaban J connectivity index is 2.95. The Kier molecular flexibility index (Phi) is 15.7. The molecule has 0 saturated carbocycles. The molecule has 0 aliphatic carbocycles. The van der Waals surface area contributed by atoms with Gasteiger partial charge in [-0.1, -0.05) is 30.3 Å². The molecule has 0 spiro atoms. The highest BCUT2D eigenvalue weighted by molar-refractivity contribution is 7.98. The molecule has 1 aromatic rings. The minimum absolute atomic E-state index is 0.129. The first-order chi connectivity index (χ1) is 18.1. The Morgan fingerprint density at radius 3 is 1.97 bits per heavy atom. The van der Waals surface area contributed by atoms with Crippen molar-refractivity contribution < 1.29 is 34.2 Å². The van der Waals surface area contributed by atoms with E-state index in [0.717, 1.165) is 5.56 Å². The zero-order valence-corrected chi connectivity index (χ0v) is 22.4. The molecule has 38 heavy (non-hydrogen) atoms. The molecule has 0 saturated heterocycles. The van der Waals surface area contributed by atoms with Gasteiger partial charge in [-0.05, 0) is 62.6 Å². The molecule has 12 nitrogen and oxygen atoms in total. The Hall–Kier alpha value is -3.16. The summed E-state index contributed by atoms with van der Waals surface area (Å²) in [6.07, 6.45) is 2.79. The second-order valence-electron chi connectivity index (χ2n) is 8.82. The Morgan fingerprint density at radius 1 is 0.842 bits per heavy atom. The molecule has 0 aromatic heterocycles. The molecule has 0 heterocycles. The summed E-state index contributed by atoms with van der Waals surface area (Å²) in [7, 11) is 0. The highest BCUT2D eigenvalue weighted by atomic mass is 32.2. The number of carbonyl (C=O) groups excluding carboxylic acids is 3. The zero-order valence-electron chi connectivity index (χ0n) is 21.6. The van der Waals surface area contributed by atoms with Crippen LogP contribution in [0.2, 0.25) is 0 Å². The first-order valence-corrected chi connectivity index (χ1v) is 13.8. The Bertz CT molecular complexity index is 919. The van der Waals surface area contributed by atoms with Crippen LogP contribution >= 0.6 is 11.8 Å². The lowest BCUT2D eigenvalue weighted by molar-refractivity contribution is -0.143. The van der Waals surface area contributed by atoms with Gasteiger partial charge in [0.1, 0.15) is 18.1 Å². The highest BCUT2D eigenvalue weighted by Crippen LogP contribution is 2.08. The van der Waals surface area contributed by atoms with Crippen LogP contribution in [0.5, 0.6) is 0 Å². The van der Waals surface area contributed by atoms with Crippen molar-refractivity contribution in [1.29, 1.82) is 0 Å². The van der Waals surface area contributed by atoms with Crippen LogP contribution in [0.4, 0.5) is 0 Å². The van der Waals surface area contributed by atoms with E-state index in [-0.39, 0.29) is 25.7 Å². The van der Waals surface area contributed by atoms with Crippen LogP contribution in [-0.4, -0.2) is 82.6 Å². The quantitative estimate of drug-likeness (QED) is 0.112. The highest BCUT2D eigenvalue weighted by Gasteiger charge is 2.30. The number of unbranched alkanes of at least 4 members (excludes halogenated alkanes) is 1. The molecule has 0 aliphatic rings. The van der Waals surface area contributed by atoms with Crippen molar-refractivity contribution in [2.24, 2.45) is 11.5 Å². The smallest absolute Gasteiger partial charge is 0.326 e. The Morgan fingerprint density at radius 2 is 1.42 bits per heavy atom. The number of thioether (sulfide) groups is 1. The first kappa shape index (κ1) is 32.9. The molecular weight excluding hydrogens is 514 g/mol. The fraction of sp³-hybridized carbons (Fsp3) is 0.560. The van der Waals surface area contributed by atoms with Crippen LogP contribution < -0.4 is 27.4 Å². The van der Waals surface area contributed by atoms with Crippen LogP contribution in [0, 0.1) is 0 Å². The van der Waals surface area contributed by atoms with E-state index in [1.807, 2.05) is 36.6 Å². The van der Waals surface area contributed by atoms with Crippen molar-refractivity contribution >= 4 is 41.4 Å². The summed E-state index contributed by atoms with van der Waals surface area (Å²) in [6.45, 7) is 0.371. The molecule has 3 amide bonds. The van der Waals surface area contributed by atoms with E-state index >= 15 is 0 Å². The summed E-state index contributed by atoms with van der Waals surface area (Å²) in [4.78, 5) is 61.5. The van der Waals surface area contributed by atoms with Crippen LogP contribution in [-0.2, 0) is 30.4 Å². The number of carbonyl (C=O) groups is 5. The lowest BCUT2D eigenvalue weighted by Crippen LogP contribution is -2.57. The molecule has 1 rings (SSSR count). The third-order valence-corrected chi connectivity index (χ3v) is 6.36. The van der Waals surface area contributed by atoms with Crippen molar-refractivity contribution in [3.05, 3.63) is 35.9 Å². The fourth-order valence-corrected chi connectivity index (χ4v) is 4.05. The van der Waals surface area contributed by atoms with Gasteiger partial charge in [-0.2, -0.15) is 11.8 Å². The monoisotopic (exact) mass is 553 g/mol. The second kappa shape index (κ2) is 18.2. The maximum absolute atomic E-state index is 13.1. The predicted octanol–water partition coefficient (Wildman–Crippen LogP) is -0.158. The molecule has 0 radical (unpaired) electrons. The van der Waals surface area contributed by atoms with Gasteiger partial charge in [0.05, 0.1) is 6.04 Å². The average Bonchev–Trinajstić information content (AvgIpc) is 2.88. The average molecular weight is 554 g/mol. The van der Waals surface area contributed by atoms with E-state index in [2.05, 4.69) is 16.0 Å². The van der Waals surface area contributed by atoms with Gasteiger partial charge in [0.2, 0.25) is 17.7 Å². The summed E-state index contributed by atoms with van der Waals surface area (Å²) in [5, 5.41) is 26.1. The molecule has 4 atom stereocenters. The number of nitrogens with two attached hydrogens (primary N) is 2. The lowest BCUT2D eigenvalue weighted by atomic mass is 10.0. The third kappa shape index (κ3) is 12.9. The van der Waals surface area contributed by atoms with Crippen LogP contribution in [0.15, 0.2) is 30.3 Å². The van der Waals surface area contributed by atoms with Gasteiger partial charge in [-0.25, -0.2) is 4.79 Å². The van der Waals surface area contributed by atoms with Crippen molar-refractivity contribution in [1.82, 2.24) is 16.0 Å². The molecule has 0 bridgehead atoms. The topological polar surface area (TPSA) is 214 Å². The number of benzene rings is 1. The summed E-state index contributed by atoms with van der Waals surface area (Å²) in [5.74, 6) is -3.99. The van der Waals surface area contributed by atoms with Crippen molar-refractivity contribution in [3.8, 4) is 0 Å². The van der Waals surface area contributed by atoms with E-state index < -0.39 is 60.2 Å². The minimum Gasteiger partial charge on any atom is -0.481 e. The van der Waals surface area contributed by atoms with Gasteiger partial charge in [0.25, 0.3) is 0 Å². The van der Waals surface area contributed by atoms with Gasteiger partial charge < -0.3 is 37.6 Å². The van der Waals surface area contributed by atoms with Gasteiger partial charge >= 0.3 is 11.9 Å². The van der Waals surface area contributed by atoms with Gasteiger partial charge in [0, 0.05) is 6.42 Å². The molecule has 4 unspecified atom stereocenters. The summed E-state index contributed by atoms with van der Waals surface area (Å²) < 4.78 is 0. The third-order valence-electron chi connectivity index (χ3n) is 5.72. The minimum atomic E-state index is -1.32. The number of hydrogen-bond acceptors (Lipinski definition) is 8. The molecular formula is C25H39N5O7S. The number of hydrogen-bond donors (Lipinski definition) is 7. The van der Waals surface area contributed by atoms with E-state index in [4.69, 9.17) is 16.6 Å². The zero-order chi connectivity index (χ0) is 28.5. The molecule has 212 valence electrons. The number of carboxylic acid groups (broad SMARTS) is 2. The summed E-state index contributed by atoms with van der Waals surface area (Å²) in [6, 6.07) is 4.66. The number of amides is 3. The van der Waals surface area contributed by atoms with Gasteiger partial charge in [-0.15, -0.1) is 0 Å². The Labute approximate surface area is 226 Å². The van der Waals surface area contributed by atoms with Crippen molar-refractivity contribution in [2.75, 3.05) is 18.6 Å². The summed E-state index contributed by atoms with van der Waals surface area (Å²) >= 11 is 1.45. The standard InChI is InChI=1S/C25H39N5O7S/c1-38-14-12-19(28-22(33)17(27)15-16-7-3-2-4-8-16)24(35)29-18(10-11-21(31)32)23(34)30-20(25(36)37)9-5-6-13-26/h2-4,7-8,17-20H,5-6,9-15,26-27H2,1H3,(H,28,33)(H,29,35)(H,30,34)(H,31,32)(H,36,37). The van der Waals surface area contributed by atoms with Crippen LogP contribution in [0.1, 0.15) is 44.1 Å². The van der Waals surface area contributed by atoms with Crippen molar-refractivity contribution in [3.63, 3.8) is 0 Å². The maximum atomic E-state index is 13.1. The number of rotatable bonds is 19. The largest absolute Gasteiger partial charge is 0.481 e. The van der Waals surface area contributed by atoms with E-state index in [0.29, 0.717) is 25.1 Å². The number of aliphatic carboxylic acids is 2. The summed E-state index contributed by atoms with van der Waals surface area (Å²) in [5.41, 5.74) is 12.3. The lowest BCUT2D eigenvalue weighted by Gasteiger charge is -2.25. The van der Waals surface area contributed by atoms with E-state index in [1.54, 1.807) is 0 Å². The van der Waals surface area contributed by atoms with Crippen LogP contribution in [0.25, 0.3) is 0 Å². The molecule has 0 aliphatic heterocycles. The van der Waals surface area contributed by atoms with Gasteiger partial charge in [-0.3, -0.25) is 19.2 Å². The first-order valence-electron chi connectivity index (χ1n) is 12.4. The van der Waals surface area contributed by atoms with Crippen LogP contribution in [0.3, 0.4) is 0 Å². The molecule has 0 fully saturated rings. The van der Waals surface area contributed by atoms with Crippen molar-refractivity contribution in [2.45, 2.75) is 69.1 Å². The van der Waals surface area contributed by atoms with Gasteiger partial charge in [0.15, 0.2) is 0 Å². The SMILES string of the molecule is CSCCC(NC(=O)C(N)Cc1ccccc1)C(=O)NC(CCC(=O)O)C(=O)NC(CCCCN)C(=O)O. The normalized spacial score (nSPS) is 14.0. The number of nitrogens with one attached hydrogen (secondary N) is 3. The van der Waals surface area contributed by atoms with E-state index in [9.17, 15) is 29.1 Å². The fourth-order valence-electron chi connectivity index (χ4n) is 3.58. The second-order valence-corrected chi connectivity index (χ2v) is 9.80. The maximum Gasteiger partial charge on any atom is 0.326 e. The van der Waals surface area contributed by atoms with E-state index in [1.165, 1.54) is 11.8 Å². The molecule has 1 aromatic carbocycles. The molecule has 9 N–H and O–H groups in total.